The van der Waals surface area contributed by atoms with Crippen LogP contribution in [0.15, 0.2) is 53.0 Å². The second kappa shape index (κ2) is 24.9. The van der Waals surface area contributed by atoms with Crippen LogP contribution < -0.4 is 27.4 Å². The van der Waals surface area contributed by atoms with Crippen LogP contribution in [0.4, 0.5) is 5.82 Å². The van der Waals surface area contributed by atoms with Gasteiger partial charge in [0.25, 0.3) is 5.91 Å². The van der Waals surface area contributed by atoms with Gasteiger partial charge in [-0.1, -0.05) is 37.6 Å². The lowest BCUT2D eigenvalue weighted by molar-refractivity contribution is -0.280. The Balaban J connectivity index is 1.20. The number of phosphoric acid groups is 1. The summed E-state index contributed by atoms with van der Waals surface area (Å²) in [6.07, 6.45) is -0.628. The monoisotopic (exact) mass is 938 g/mol. The lowest BCUT2D eigenvalue weighted by Crippen LogP contribution is -2.65. The number of hydrogen-bond acceptors (Lipinski definition) is 17. The molecule has 0 aliphatic carbocycles. The van der Waals surface area contributed by atoms with Gasteiger partial charge in [0.1, 0.15) is 18.3 Å². The highest BCUT2D eigenvalue weighted by Crippen LogP contribution is 2.52. The molecule has 3 amide bonds. The maximum Gasteiger partial charge on any atom is 0.474 e. The molecule has 10 N–H and O–H groups in total. The fraction of sp³-hybridized carbons (Fsp3) is 0.619. The fourth-order valence-corrected chi connectivity index (χ4v) is 8.54. The van der Waals surface area contributed by atoms with E-state index in [0.29, 0.717) is 43.4 Å². The van der Waals surface area contributed by atoms with Crippen LogP contribution in [0.5, 0.6) is 0 Å². The molecule has 22 nitrogen and oxygen atoms in total. The first-order valence-electron chi connectivity index (χ1n) is 21.4. The second-order valence-electron chi connectivity index (χ2n) is 16.4. The van der Waals surface area contributed by atoms with Gasteiger partial charge in [0.15, 0.2) is 5.79 Å². The number of benzene rings is 1. The highest BCUT2D eigenvalue weighted by Gasteiger charge is 2.52. The van der Waals surface area contributed by atoms with Gasteiger partial charge in [0, 0.05) is 55.2 Å². The minimum Gasteiger partial charge on any atom is -0.396 e. The van der Waals surface area contributed by atoms with Crippen molar-refractivity contribution in [2.75, 3.05) is 51.9 Å². The van der Waals surface area contributed by atoms with Crippen LogP contribution in [0.3, 0.4) is 0 Å². The standard InChI is InChI=1S/C42H63N6O16P/c1-25(7-5-15-44-39(56)29-11-9-28(21-49)10-12-29)8-6-17-60-18-14-35(54)45-20-36(55)47-37-31(52)19-42(4,63-38(37)30(22-50)32(53)23-51)64-65(58,59)61-24-33-26(2)27(3)40(62-33)48-16-13-34(43)46-41(48)57/h7,9-13,16,21,26-27,30-33,37-38,40,50-53H,5-6,8,14-15,17-20,22-24H2,1-4H3,(H,44,56)(H,45,54)(H,47,55)(H,58,59)(H2,43,46,57). The third kappa shape index (κ3) is 15.9. The molecule has 362 valence electrons. The first-order valence-corrected chi connectivity index (χ1v) is 22.9. The smallest absolute Gasteiger partial charge is 0.396 e. The van der Waals surface area contributed by atoms with E-state index in [1.807, 2.05) is 19.9 Å². The van der Waals surface area contributed by atoms with Crippen LogP contribution in [0.25, 0.3) is 0 Å². The number of aliphatic hydroxyl groups is 4. The van der Waals surface area contributed by atoms with Crippen LogP contribution in [0, 0.1) is 17.8 Å². The average molecular weight is 939 g/mol. The van der Waals surface area contributed by atoms with Gasteiger partial charge < -0.3 is 61.2 Å². The summed E-state index contributed by atoms with van der Waals surface area (Å²) in [6, 6.07) is 6.41. The van der Waals surface area contributed by atoms with Gasteiger partial charge in [-0.3, -0.25) is 32.8 Å². The number of phosphoric ester groups is 1. The van der Waals surface area contributed by atoms with Crippen molar-refractivity contribution in [3.05, 3.63) is 69.8 Å². The zero-order valence-corrected chi connectivity index (χ0v) is 37.8. The third-order valence-corrected chi connectivity index (χ3v) is 12.5. The lowest BCUT2D eigenvalue weighted by atomic mass is 9.84. The molecule has 0 saturated carbocycles. The van der Waals surface area contributed by atoms with Crippen LogP contribution in [0.1, 0.15) is 86.7 Å². The van der Waals surface area contributed by atoms with Crippen molar-refractivity contribution in [1.29, 1.82) is 0 Å². The number of nitrogens with zero attached hydrogens (tertiary/aromatic N) is 2. The fourth-order valence-electron chi connectivity index (χ4n) is 7.54. The minimum absolute atomic E-state index is 0.0328. The molecule has 1 aromatic carbocycles. The van der Waals surface area contributed by atoms with Gasteiger partial charge in [0.05, 0.1) is 63.4 Å². The summed E-state index contributed by atoms with van der Waals surface area (Å²) < 4.78 is 42.9. The summed E-state index contributed by atoms with van der Waals surface area (Å²) in [5, 5.41) is 49.6. The van der Waals surface area contributed by atoms with Gasteiger partial charge >= 0.3 is 13.5 Å². The van der Waals surface area contributed by atoms with Gasteiger partial charge in [-0.05, 0) is 57.2 Å². The molecule has 2 aliphatic rings. The Morgan fingerprint density at radius 2 is 1.80 bits per heavy atom. The van der Waals surface area contributed by atoms with Crippen molar-refractivity contribution in [3.63, 3.8) is 0 Å². The Kier molecular flexibility index (Phi) is 20.4. The van der Waals surface area contributed by atoms with Crippen LogP contribution in [-0.2, 0) is 37.4 Å². The Hall–Kier alpha value is -4.45. The van der Waals surface area contributed by atoms with Crippen molar-refractivity contribution in [3.8, 4) is 0 Å². The number of nitrogens with two attached hydrogens (primary N) is 1. The number of aldehydes is 1. The zero-order chi connectivity index (χ0) is 47.9. The lowest BCUT2D eigenvalue weighted by Gasteiger charge is -2.48. The number of aliphatic hydroxyl groups excluding tert-OH is 4. The summed E-state index contributed by atoms with van der Waals surface area (Å²) in [6.45, 7) is 5.05. The summed E-state index contributed by atoms with van der Waals surface area (Å²) in [5.74, 6) is -5.46. The predicted octanol–water partition coefficient (Wildman–Crippen LogP) is 0.323. The van der Waals surface area contributed by atoms with E-state index in [-0.39, 0.29) is 36.6 Å². The molecule has 0 radical (unpaired) electrons. The van der Waals surface area contributed by atoms with Crippen molar-refractivity contribution >= 4 is 37.6 Å². The Morgan fingerprint density at radius 1 is 1.08 bits per heavy atom. The predicted molar refractivity (Wildman–Crippen MR) is 232 cm³/mol. The molecule has 2 aromatic rings. The summed E-state index contributed by atoms with van der Waals surface area (Å²) in [4.78, 5) is 75.6. The van der Waals surface area contributed by atoms with E-state index in [1.54, 1.807) is 31.2 Å². The average Bonchev–Trinajstić information content (AvgIpc) is 3.54. The molecule has 11 atom stereocenters. The maximum absolute atomic E-state index is 13.3. The Bertz CT molecular complexity index is 2040. The van der Waals surface area contributed by atoms with Crippen molar-refractivity contribution in [1.82, 2.24) is 25.5 Å². The summed E-state index contributed by atoms with van der Waals surface area (Å²) in [5.41, 5.74) is 7.02. The Morgan fingerprint density at radius 3 is 2.46 bits per heavy atom. The number of hydrogen-bond donors (Lipinski definition) is 9. The number of nitrogen functional groups attached to an aromatic ring is 1. The Labute approximate surface area is 376 Å². The first kappa shape index (κ1) is 53.2. The molecule has 4 rings (SSSR count). The molecule has 0 spiro atoms. The van der Waals surface area contributed by atoms with E-state index >= 15 is 0 Å². The molecule has 65 heavy (non-hydrogen) atoms. The van der Waals surface area contributed by atoms with Crippen LogP contribution >= 0.6 is 7.82 Å². The molecule has 23 heteroatoms. The van der Waals surface area contributed by atoms with Gasteiger partial charge in [-0.25, -0.2) is 9.36 Å². The summed E-state index contributed by atoms with van der Waals surface area (Å²) in [7, 11) is -5.02. The topological polar surface area (TPSA) is 330 Å². The van der Waals surface area contributed by atoms with Crippen LogP contribution in [0.2, 0.25) is 0 Å². The van der Waals surface area contributed by atoms with E-state index in [9.17, 15) is 53.9 Å². The van der Waals surface area contributed by atoms with Gasteiger partial charge in [-0.2, -0.15) is 4.98 Å². The van der Waals surface area contributed by atoms with E-state index in [0.717, 1.165) is 12.0 Å². The molecule has 2 fully saturated rings. The molecule has 11 unspecified atom stereocenters. The molecule has 2 aliphatic heterocycles. The van der Waals surface area contributed by atoms with E-state index in [1.165, 1.54) is 23.8 Å². The maximum atomic E-state index is 13.3. The number of anilines is 1. The van der Waals surface area contributed by atoms with Crippen LogP contribution in [-0.4, -0.2) is 141 Å². The van der Waals surface area contributed by atoms with E-state index < -0.39 is 107 Å². The number of amides is 3. The second-order valence-corrected chi connectivity index (χ2v) is 17.8. The normalized spacial score (nSPS) is 26.4. The number of ether oxygens (including phenoxy) is 3. The SMILES string of the molecule is CC(=CCCNC(=O)c1ccc(C=O)cc1)CCCOCCC(=O)NCC(=O)NC1C(O)CC(C)(OP(=O)(O)OCC2OC(n3ccc(N)nc3=O)C(C)C2C)OC1C(CO)C(O)CO. The third-order valence-electron chi connectivity index (χ3n) is 11.4. The van der Waals surface area contributed by atoms with E-state index in [4.69, 9.17) is 29.0 Å². The molecule has 0 bridgehead atoms. The van der Waals surface area contributed by atoms with Gasteiger partial charge in [-0.15, -0.1) is 0 Å². The largest absolute Gasteiger partial charge is 0.474 e. The summed E-state index contributed by atoms with van der Waals surface area (Å²) >= 11 is 0. The highest BCUT2D eigenvalue weighted by molar-refractivity contribution is 7.47. The number of allylic oxidation sites excluding steroid dienone is 1. The highest BCUT2D eigenvalue weighted by atomic mass is 31.2. The van der Waals surface area contributed by atoms with Crippen molar-refractivity contribution in [2.45, 2.75) is 102 Å². The molecular weight excluding hydrogens is 875 g/mol. The number of rotatable bonds is 25. The molecule has 1 aromatic heterocycles. The van der Waals surface area contributed by atoms with E-state index in [2.05, 4.69) is 20.9 Å². The zero-order valence-electron chi connectivity index (χ0n) is 36.9. The van der Waals surface area contributed by atoms with Gasteiger partial charge in [0.2, 0.25) is 11.8 Å². The number of carbonyl (C=O) groups excluding carboxylic acids is 4. The first-order chi connectivity index (χ1) is 30.8. The quantitative estimate of drug-likeness (QED) is 0.0280. The van der Waals surface area contributed by atoms with Crippen molar-refractivity contribution in [2.24, 2.45) is 17.8 Å². The van der Waals surface area contributed by atoms with Crippen molar-refractivity contribution < 1.29 is 72.3 Å². The number of aromatic nitrogens is 2. The molecule has 3 heterocycles. The number of carbonyl (C=O) groups is 4. The minimum atomic E-state index is -5.02. The molecule has 2 saturated heterocycles. The number of nitrogens with one attached hydrogen (secondary N) is 3. The molecular formula is C42H63N6O16P.